The van der Waals surface area contributed by atoms with Crippen LogP contribution in [0.25, 0.3) is 0 Å². The van der Waals surface area contributed by atoms with Crippen LogP contribution in [-0.2, 0) is 6.54 Å². The number of thiophene rings is 1. The van der Waals surface area contributed by atoms with Crippen LogP contribution in [0.3, 0.4) is 0 Å². The van der Waals surface area contributed by atoms with Crippen molar-refractivity contribution in [3.63, 3.8) is 0 Å². The first-order valence-corrected chi connectivity index (χ1v) is 8.93. The molecule has 116 valence electrons. The summed E-state index contributed by atoms with van der Waals surface area (Å²) >= 11 is 1.77. The Balaban J connectivity index is 1.97. The van der Waals surface area contributed by atoms with E-state index in [1.165, 1.54) is 43.5 Å². The van der Waals surface area contributed by atoms with Gasteiger partial charge in [-0.1, -0.05) is 38.5 Å². The fourth-order valence-corrected chi connectivity index (χ4v) is 3.85. The molecule has 1 aromatic rings. The molecule has 3 heteroatoms. The van der Waals surface area contributed by atoms with Gasteiger partial charge in [0.2, 0.25) is 0 Å². The van der Waals surface area contributed by atoms with E-state index in [1.54, 1.807) is 11.3 Å². The summed E-state index contributed by atoms with van der Waals surface area (Å²) in [7, 11) is 0. The second-order valence-corrected chi connectivity index (χ2v) is 7.49. The third kappa shape index (κ3) is 5.47. The molecule has 1 aromatic heterocycles. The van der Waals surface area contributed by atoms with Crippen LogP contribution in [-0.4, -0.2) is 29.2 Å². The Labute approximate surface area is 133 Å². The third-order valence-electron chi connectivity index (χ3n) is 4.15. The molecule has 2 nitrogen and oxygen atoms in total. The average molecular weight is 305 g/mol. The standard InChI is InChI=1S/C18H27NOS/c1-15(2)11-12-19(16-6-3-4-7-16)14-18-10-9-17(21-18)8-5-13-20/h9-10,15-16,20H,3-4,6-7,11-14H2,1-2H3. The first-order chi connectivity index (χ1) is 10.2. The van der Waals surface area contributed by atoms with E-state index in [0.717, 1.165) is 23.4 Å². The molecule has 0 atom stereocenters. The Hall–Kier alpha value is -0.820. The number of aliphatic hydroxyl groups excluding tert-OH is 1. The number of rotatable bonds is 6. The van der Waals surface area contributed by atoms with Crippen LogP contribution in [0.2, 0.25) is 0 Å². The van der Waals surface area contributed by atoms with Crippen LogP contribution < -0.4 is 0 Å². The van der Waals surface area contributed by atoms with E-state index >= 15 is 0 Å². The molecule has 0 spiro atoms. The molecule has 1 fully saturated rings. The number of aliphatic hydroxyl groups is 1. The molecule has 1 aliphatic rings. The number of nitrogens with zero attached hydrogens (tertiary/aromatic N) is 1. The second kappa shape index (κ2) is 8.58. The van der Waals surface area contributed by atoms with Crippen molar-refractivity contribution >= 4 is 11.3 Å². The van der Waals surface area contributed by atoms with Gasteiger partial charge in [0.1, 0.15) is 6.61 Å². The summed E-state index contributed by atoms with van der Waals surface area (Å²) in [6.45, 7) is 6.82. The van der Waals surface area contributed by atoms with Gasteiger partial charge in [-0.25, -0.2) is 0 Å². The Kier molecular flexibility index (Phi) is 6.76. The van der Waals surface area contributed by atoms with Gasteiger partial charge in [0.15, 0.2) is 0 Å². The van der Waals surface area contributed by atoms with E-state index in [0.29, 0.717) is 0 Å². The zero-order valence-corrected chi connectivity index (χ0v) is 14.1. The minimum atomic E-state index is -0.0597. The van der Waals surface area contributed by atoms with Gasteiger partial charge in [0, 0.05) is 17.5 Å². The molecule has 0 aliphatic heterocycles. The van der Waals surface area contributed by atoms with Gasteiger partial charge < -0.3 is 5.11 Å². The highest BCUT2D eigenvalue weighted by Crippen LogP contribution is 2.27. The maximum atomic E-state index is 8.77. The van der Waals surface area contributed by atoms with Crippen LogP contribution in [0.4, 0.5) is 0 Å². The molecule has 1 heterocycles. The maximum absolute atomic E-state index is 8.77. The van der Waals surface area contributed by atoms with Crippen molar-refractivity contribution in [2.45, 2.75) is 58.5 Å². The van der Waals surface area contributed by atoms with Crippen molar-refractivity contribution in [1.82, 2.24) is 4.90 Å². The fourth-order valence-electron chi connectivity index (χ4n) is 2.94. The van der Waals surface area contributed by atoms with E-state index in [2.05, 4.69) is 42.7 Å². The lowest BCUT2D eigenvalue weighted by Crippen LogP contribution is -2.33. The van der Waals surface area contributed by atoms with Gasteiger partial charge in [-0.3, -0.25) is 4.90 Å². The molecule has 0 bridgehead atoms. The van der Waals surface area contributed by atoms with Gasteiger partial charge in [-0.05, 0) is 43.9 Å². The normalized spacial score (nSPS) is 15.7. The molecule has 2 rings (SSSR count). The van der Waals surface area contributed by atoms with Crippen LogP contribution in [0, 0.1) is 17.8 Å². The highest BCUT2D eigenvalue weighted by molar-refractivity contribution is 7.12. The smallest absolute Gasteiger partial charge is 0.104 e. The summed E-state index contributed by atoms with van der Waals surface area (Å²) in [5, 5.41) is 8.77. The predicted octanol–water partition coefficient (Wildman–Crippen LogP) is 3.88. The average Bonchev–Trinajstić information content (AvgIpc) is 3.12. The molecule has 1 aliphatic carbocycles. The third-order valence-corrected chi connectivity index (χ3v) is 5.13. The van der Waals surface area contributed by atoms with Gasteiger partial charge in [-0.2, -0.15) is 0 Å². The fraction of sp³-hybridized carbons (Fsp3) is 0.667. The van der Waals surface area contributed by atoms with Gasteiger partial charge in [0.25, 0.3) is 0 Å². The Morgan fingerprint density at radius 3 is 2.76 bits per heavy atom. The van der Waals surface area contributed by atoms with Crippen molar-refractivity contribution in [2.75, 3.05) is 13.2 Å². The molecular formula is C18H27NOS. The first-order valence-electron chi connectivity index (χ1n) is 8.11. The molecule has 0 amide bonds. The van der Waals surface area contributed by atoms with Crippen molar-refractivity contribution in [3.05, 3.63) is 21.9 Å². The van der Waals surface area contributed by atoms with Crippen molar-refractivity contribution in [3.8, 4) is 11.8 Å². The number of hydrogen-bond donors (Lipinski definition) is 1. The van der Waals surface area contributed by atoms with Gasteiger partial charge in [0.05, 0.1) is 4.88 Å². The molecule has 21 heavy (non-hydrogen) atoms. The van der Waals surface area contributed by atoms with Crippen LogP contribution in [0.15, 0.2) is 12.1 Å². The van der Waals surface area contributed by atoms with E-state index in [9.17, 15) is 0 Å². The Bertz CT molecular complexity index is 477. The molecule has 0 aromatic carbocycles. The SMILES string of the molecule is CC(C)CCN(Cc1ccc(C#CCO)s1)C1CCCC1. The summed E-state index contributed by atoms with van der Waals surface area (Å²) in [5.41, 5.74) is 0. The zero-order valence-electron chi connectivity index (χ0n) is 13.3. The minimum Gasteiger partial charge on any atom is -0.384 e. The van der Waals surface area contributed by atoms with Crippen LogP contribution in [0.1, 0.15) is 55.7 Å². The summed E-state index contributed by atoms with van der Waals surface area (Å²) in [5.74, 6) is 6.50. The molecule has 1 N–H and O–H groups in total. The molecule has 1 saturated carbocycles. The lowest BCUT2D eigenvalue weighted by atomic mass is 10.1. The summed E-state index contributed by atoms with van der Waals surface area (Å²) < 4.78 is 0. The second-order valence-electron chi connectivity index (χ2n) is 6.32. The zero-order chi connectivity index (χ0) is 15.1. The predicted molar refractivity (Wildman–Crippen MR) is 90.4 cm³/mol. The van der Waals surface area contributed by atoms with E-state index < -0.39 is 0 Å². The lowest BCUT2D eigenvalue weighted by molar-refractivity contribution is 0.181. The van der Waals surface area contributed by atoms with Gasteiger partial charge >= 0.3 is 0 Å². The number of hydrogen-bond acceptors (Lipinski definition) is 3. The van der Waals surface area contributed by atoms with Crippen molar-refractivity contribution in [2.24, 2.45) is 5.92 Å². The Morgan fingerprint density at radius 2 is 2.10 bits per heavy atom. The van der Waals surface area contributed by atoms with Crippen LogP contribution in [0.5, 0.6) is 0 Å². The van der Waals surface area contributed by atoms with E-state index in [-0.39, 0.29) is 6.61 Å². The quantitative estimate of drug-likeness (QED) is 0.806. The molecule has 0 unspecified atom stereocenters. The summed E-state index contributed by atoms with van der Waals surface area (Å²) in [6.07, 6.45) is 6.78. The molecular weight excluding hydrogens is 278 g/mol. The minimum absolute atomic E-state index is 0.0597. The van der Waals surface area contributed by atoms with E-state index in [4.69, 9.17) is 5.11 Å². The van der Waals surface area contributed by atoms with Gasteiger partial charge in [-0.15, -0.1) is 11.3 Å². The topological polar surface area (TPSA) is 23.5 Å². The van der Waals surface area contributed by atoms with E-state index in [1.807, 2.05) is 0 Å². The monoisotopic (exact) mass is 305 g/mol. The molecule has 0 radical (unpaired) electrons. The summed E-state index contributed by atoms with van der Waals surface area (Å²) in [4.78, 5) is 5.14. The lowest BCUT2D eigenvalue weighted by Gasteiger charge is -2.29. The van der Waals surface area contributed by atoms with Crippen LogP contribution >= 0.6 is 11.3 Å². The molecule has 0 saturated heterocycles. The summed E-state index contributed by atoms with van der Waals surface area (Å²) in [6, 6.07) is 5.05. The highest BCUT2D eigenvalue weighted by atomic mass is 32.1. The highest BCUT2D eigenvalue weighted by Gasteiger charge is 2.22. The first kappa shape index (κ1) is 16.5. The van der Waals surface area contributed by atoms with Crippen molar-refractivity contribution in [1.29, 1.82) is 0 Å². The maximum Gasteiger partial charge on any atom is 0.104 e. The Morgan fingerprint density at radius 1 is 1.33 bits per heavy atom. The van der Waals surface area contributed by atoms with Crippen molar-refractivity contribution < 1.29 is 5.11 Å². The largest absolute Gasteiger partial charge is 0.384 e.